The van der Waals surface area contributed by atoms with Gasteiger partial charge in [-0.05, 0) is 43.4 Å². The van der Waals surface area contributed by atoms with Crippen LogP contribution in [-0.2, 0) is 30.3 Å². The van der Waals surface area contributed by atoms with Crippen LogP contribution in [0.1, 0.15) is 38.2 Å². The number of ether oxygens (including phenoxy) is 2. The maximum atomic E-state index is 13.3. The van der Waals surface area contributed by atoms with E-state index >= 15 is 0 Å². The van der Waals surface area contributed by atoms with Crippen molar-refractivity contribution < 1.29 is 28.7 Å². The number of Topliss-reactive ketones (excluding diaryl/α,β-unsaturated/α-hetero) is 1. The number of guanidine groups is 1. The Balaban J connectivity index is 2.34. The van der Waals surface area contributed by atoms with Crippen molar-refractivity contribution in [1.29, 1.82) is 0 Å². The molecule has 0 fully saturated rings. The lowest BCUT2D eigenvalue weighted by Crippen LogP contribution is -2.46. The number of methoxy groups -OCH3 is 1. The molecule has 3 atom stereocenters. The summed E-state index contributed by atoms with van der Waals surface area (Å²) in [6, 6.07) is 5.46. The lowest BCUT2D eigenvalue weighted by molar-refractivity contribution is -0.145. The Morgan fingerprint density at radius 2 is 1.89 bits per heavy atom. The first-order valence-corrected chi connectivity index (χ1v) is 11.8. The minimum absolute atomic E-state index is 0.0669. The number of esters is 1. The van der Waals surface area contributed by atoms with Gasteiger partial charge in [0.05, 0.1) is 13.2 Å². The van der Waals surface area contributed by atoms with Gasteiger partial charge in [-0.3, -0.25) is 19.4 Å². The predicted octanol–water partition coefficient (Wildman–Crippen LogP) is 0.359. The summed E-state index contributed by atoms with van der Waals surface area (Å²) >= 11 is 0. The number of nitrogens with zero attached hydrogens (tertiary/aromatic N) is 1. The molecule has 0 aliphatic carbocycles. The molecule has 2 aliphatic heterocycles. The number of benzene rings is 1. The van der Waals surface area contributed by atoms with Crippen LogP contribution in [0.2, 0.25) is 0 Å². The molecule has 36 heavy (non-hydrogen) atoms. The quantitative estimate of drug-likeness (QED) is 0.142. The Hall–Kier alpha value is -3.89. The van der Waals surface area contributed by atoms with Crippen LogP contribution < -0.4 is 26.8 Å². The summed E-state index contributed by atoms with van der Waals surface area (Å²) in [6.45, 7) is 1.88. The average molecular weight is 502 g/mol. The molecule has 0 unspecified atom stereocenters. The fraction of sp³-hybridized carbons (Fsp3) is 0.480. The van der Waals surface area contributed by atoms with Gasteiger partial charge in [-0.15, -0.1) is 0 Å². The van der Waals surface area contributed by atoms with E-state index in [1.807, 2.05) is 12.1 Å². The van der Waals surface area contributed by atoms with Crippen LogP contribution in [0.25, 0.3) is 0 Å². The van der Waals surface area contributed by atoms with Gasteiger partial charge in [0.1, 0.15) is 18.4 Å². The van der Waals surface area contributed by atoms with Crippen molar-refractivity contribution in [3.05, 3.63) is 42.0 Å². The molecule has 2 bridgehead atoms. The third-order valence-electron chi connectivity index (χ3n) is 5.64. The largest absolute Gasteiger partial charge is 0.490 e. The number of nitrogens with two attached hydrogens (primary N) is 2. The van der Waals surface area contributed by atoms with Crippen LogP contribution in [0.4, 0.5) is 0 Å². The first kappa shape index (κ1) is 28.3. The molecular formula is C25H35N5O6. The fourth-order valence-electron chi connectivity index (χ4n) is 3.80. The van der Waals surface area contributed by atoms with Crippen LogP contribution in [-0.4, -0.2) is 61.9 Å². The molecule has 0 radical (unpaired) electrons. The summed E-state index contributed by atoms with van der Waals surface area (Å²) < 4.78 is 10.5. The normalized spacial score (nSPS) is 21.9. The molecule has 2 heterocycles. The van der Waals surface area contributed by atoms with Gasteiger partial charge in [0.15, 0.2) is 11.7 Å². The summed E-state index contributed by atoms with van der Waals surface area (Å²) in [6.07, 6.45) is 4.51. The van der Waals surface area contributed by atoms with Crippen molar-refractivity contribution in [3.63, 3.8) is 0 Å². The molecule has 2 amide bonds. The van der Waals surface area contributed by atoms with Crippen molar-refractivity contribution in [3.8, 4) is 5.75 Å². The van der Waals surface area contributed by atoms with Gasteiger partial charge >= 0.3 is 5.97 Å². The highest BCUT2D eigenvalue weighted by Crippen LogP contribution is 2.18. The summed E-state index contributed by atoms with van der Waals surface area (Å²) in [4.78, 5) is 54.5. The van der Waals surface area contributed by atoms with Crippen LogP contribution in [0, 0.1) is 5.92 Å². The summed E-state index contributed by atoms with van der Waals surface area (Å²) in [7, 11) is 1.24. The van der Waals surface area contributed by atoms with E-state index in [-0.39, 0.29) is 50.1 Å². The monoisotopic (exact) mass is 501 g/mol. The molecule has 0 saturated heterocycles. The van der Waals surface area contributed by atoms with Crippen molar-refractivity contribution in [1.82, 2.24) is 10.6 Å². The first-order chi connectivity index (χ1) is 17.2. The molecule has 3 rings (SSSR count). The molecule has 1 aromatic carbocycles. The highest BCUT2D eigenvalue weighted by atomic mass is 16.5. The molecule has 0 spiro atoms. The number of rotatable bonds is 6. The SMILES string of the molecule is COC(=O)[C@@H]1C/C=C\COc2ccc(cc2)C[C@@H](NC(C)=O)C(=O)C[C@@H](CCCN=C(N)N)C(=O)N1. The Labute approximate surface area is 210 Å². The number of carbonyl (C=O) groups is 4. The minimum Gasteiger partial charge on any atom is -0.490 e. The second-order valence-corrected chi connectivity index (χ2v) is 8.52. The van der Waals surface area contributed by atoms with E-state index in [2.05, 4.69) is 15.6 Å². The zero-order chi connectivity index (χ0) is 26.5. The smallest absolute Gasteiger partial charge is 0.328 e. The number of hydrogen-bond donors (Lipinski definition) is 4. The number of hydrogen-bond acceptors (Lipinski definition) is 7. The summed E-state index contributed by atoms with van der Waals surface area (Å²) in [5.41, 5.74) is 11.6. The molecule has 1 aromatic rings. The number of carbonyl (C=O) groups excluding carboxylic acids is 4. The van der Waals surface area contributed by atoms with Crippen LogP contribution in [0.5, 0.6) is 5.75 Å². The zero-order valence-corrected chi connectivity index (χ0v) is 20.7. The van der Waals surface area contributed by atoms with E-state index in [0.717, 1.165) is 5.56 Å². The van der Waals surface area contributed by atoms with E-state index in [1.165, 1.54) is 14.0 Å². The summed E-state index contributed by atoms with van der Waals surface area (Å²) in [5, 5.41) is 5.40. The number of ketones is 1. The van der Waals surface area contributed by atoms with Crippen LogP contribution >= 0.6 is 0 Å². The molecule has 6 N–H and O–H groups in total. The molecule has 11 nitrogen and oxygen atoms in total. The minimum atomic E-state index is -0.935. The van der Waals surface area contributed by atoms with Gasteiger partial charge in [-0.1, -0.05) is 24.3 Å². The maximum Gasteiger partial charge on any atom is 0.328 e. The van der Waals surface area contributed by atoms with Crippen molar-refractivity contribution >= 4 is 29.5 Å². The van der Waals surface area contributed by atoms with Gasteiger partial charge < -0.3 is 31.6 Å². The number of fused-ring (bicyclic) bond motifs is 13. The molecule has 11 heteroatoms. The van der Waals surface area contributed by atoms with Gasteiger partial charge in [0.25, 0.3) is 0 Å². The van der Waals surface area contributed by atoms with Gasteiger partial charge in [0, 0.05) is 25.8 Å². The van der Waals surface area contributed by atoms with E-state index in [0.29, 0.717) is 18.6 Å². The first-order valence-electron chi connectivity index (χ1n) is 11.8. The van der Waals surface area contributed by atoms with E-state index in [1.54, 1.807) is 24.3 Å². The lowest BCUT2D eigenvalue weighted by atomic mass is 9.90. The van der Waals surface area contributed by atoms with E-state index < -0.39 is 29.9 Å². The third-order valence-corrected chi connectivity index (χ3v) is 5.64. The van der Waals surface area contributed by atoms with Crippen molar-refractivity contribution in [2.24, 2.45) is 22.4 Å². The zero-order valence-electron chi connectivity index (χ0n) is 20.7. The summed E-state index contributed by atoms with van der Waals surface area (Å²) in [5.74, 6) is -1.93. The van der Waals surface area contributed by atoms with E-state index in [9.17, 15) is 19.2 Å². The van der Waals surface area contributed by atoms with Crippen molar-refractivity contribution in [2.75, 3.05) is 20.3 Å². The number of amides is 2. The van der Waals surface area contributed by atoms with Crippen molar-refractivity contribution in [2.45, 2.75) is 51.1 Å². The second-order valence-electron chi connectivity index (χ2n) is 8.52. The lowest BCUT2D eigenvalue weighted by Gasteiger charge is -2.23. The van der Waals surface area contributed by atoms with Gasteiger partial charge in [-0.25, -0.2) is 4.79 Å². The van der Waals surface area contributed by atoms with E-state index in [4.69, 9.17) is 20.9 Å². The predicted molar refractivity (Wildman–Crippen MR) is 134 cm³/mol. The van der Waals surface area contributed by atoms with Gasteiger partial charge in [-0.2, -0.15) is 0 Å². The molecule has 196 valence electrons. The topological polar surface area (TPSA) is 175 Å². The van der Waals surface area contributed by atoms with Crippen LogP contribution in [0.15, 0.2) is 41.4 Å². The maximum absolute atomic E-state index is 13.3. The fourth-order valence-corrected chi connectivity index (χ4v) is 3.80. The van der Waals surface area contributed by atoms with Crippen LogP contribution in [0.3, 0.4) is 0 Å². The highest BCUT2D eigenvalue weighted by molar-refractivity contribution is 5.93. The standard InChI is InChI=1S/C25H35N5O6/c1-16(31)29-21-14-17-8-10-19(11-9-17)36-13-4-3-7-20(24(34)35-2)30-23(33)18(15-22(21)32)6-5-12-28-25(26)27/h3-4,8-11,18,20-21H,5-7,12-15H2,1-2H3,(H,29,31)(H,30,33)(H4,26,27,28)/b4-3-/t18-,20+,21-/m1/s1. The third kappa shape index (κ3) is 9.77. The Bertz CT molecular complexity index is 972. The second kappa shape index (κ2) is 14.5. The Morgan fingerprint density at radius 3 is 2.53 bits per heavy atom. The Morgan fingerprint density at radius 1 is 1.17 bits per heavy atom. The highest BCUT2D eigenvalue weighted by Gasteiger charge is 2.30. The number of aliphatic imine (C=N–C) groups is 1. The molecule has 0 aromatic heterocycles. The average Bonchev–Trinajstić information content (AvgIpc) is 2.84. The molecule has 0 saturated carbocycles. The Kier molecular flexibility index (Phi) is 11.4. The number of nitrogens with one attached hydrogen (secondary N) is 2. The molecule has 2 aliphatic rings. The van der Waals surface area contributed by atoms with Gasteiger partial charge in [0.2, 0.25) is 11.8 Å². The molecular weight excluding hydrogens is 466 g/mol.